The first-order valence-electron chi connectivity index (χ1n) is 6.26. The smallest absolute Gasteiger partial charge is 0.335 e. The summed E-state index contributed by atoms with van der Waals surface area (Å²) in [5.74, 6) is -0.957. The molecule has 0 aliphatic heterocycles. The molecule has 7 heteroatoms. The molecule has 0 saturated carbocycles. The molecule has 2 aromatic heterocycles. The largest absolute Gasteiger partial charge is 0.478 e. The van der Waals surface area contributed by atoms with E-state index in [0.29, 0.717) is 5.52 Å². The van der Waals surface area contributed by atoms with Crippen LogP contribution in [-0.4, -0.2) is 35.6 Å². The predicted molar refractivity (Wildman–Crippen MR) is 71.3 cm³/mol. The van der Waals surface area contributed by atoms with Crippen molar-refractivity contribution < 1.29 is 9.90 Å². The molecule has 0 bridgehead atoms. The van der Waals surface area contributed by atoms with E-state index in [1.165, 1.54) is 6.07 Å². The van der Waals surface area contributed by atoms with Crippen LogP contribution in [0.5, 0.6) is 0 Å². The van der Waals surface area contributed by atoms with Crippen LogP contribution in [0, 0.1) is 0 Å². The van der Waals surface area contributed by atoms with Crippen molar-refractivity contribution in [1.82, 2.24) is 24.5 Å². The molecule has 102 valence electrons. The third-order valence-electron chi connectivity index (χ3n) is 3.11. The Hall–Kier alpha value is -2.70. The summed E-state index contributed by atoms with van der Waals surface area (Å²) in [7, 11) is 0. The Bertz CT molecular complexity index is 732. The molecule has 0 aliphatic rings. The molecule has 2 heterocycles. The van der Waals surface area contributed by atoms with Crippen LogP contribution in [0.3, 0.4) is 0 Å². The summed E-state index contributed by atoms with van der Waals surface area (Å²) in [5, 5.41) is 17.0. The lowest BCUT2D eigenvalue weighted by molar-refractivity contribution is 0.0697. The minimum absolute atomic E-state index is 0.225. The second-order valence-electron chi connectivity index (χ2n) is 4.48. The first-order chi connectivity index (χ1) is 9.74. The van der Waals surface area contributed by atoms with Gasteiger partial charge in [0.05, 0.1) is 17.4 Å². The summed E-state index contributed by atoms with van der Waals surface area (Å²) in [6, 6.07) is 4.85. The highest BCUT2D eigenvalue weighted by atomic mass is 16.4. The van der Waals surface area contributed by atoms with Gasteiger partial charge in [-0.3, -0.25) is 0 Å². The number of aromatic nitrogens is 5. The average molecular weight is 271 g/mol. The zero-order chi connectivity index (χ0) is 13.9. The molecule has 0 amide bonds. The molecule has 0 spiro atoms. The molecule has 0 unspecified atom stereocenters. The van der Waals surface area contributed by atoms with Gasteiger partial charge in [0.2, 0.25) is 0 Å². The van der Waals surface area contributed by atoms with Gasteiger partial charge in [-0.25, -0.2) is 14.5 Å². The van der Waals surface area contributed by atoms with Crippen molar-refractivity contribution in [3.63, 3.8) is 0 Å². The number of aryl methyl sites for hydroxylation is 2. The highest BCUT2D eigenvalue weighted by Gasteiger charge is 2.08. The molecule has 0 fully saturated rings. The Morgan fingerprint density at radius 3 is 2.95 bits per heavy atom. The van der Waals surface area contributed by atoms with Gasteiger partial charge in [-0.1, -0.05) is 5.21 Å². The third kappa shape index (κ3) is 2.37. The molecule has 0 radical (unpaired) electrons. The van der Waals surface area contributed by atoms with Crippen LogP contribution < -0.4 is 0 Å². The Balaban J connectivity index is 1.73. The van der Waals surface area contributed by atoms with Crippen molar-refractivity contribution in [3.05, 3.63) is 42.5 Å². The van der Waals surface area contributed by atoms with Gasteiger partial charge in [-0.2, -0.15) is 0 Å². The number of hydrogen-bond acceptors (Lipinski definition) is 4. The van der Waals surface area contributed by atoms with E-state index in [1.54, 1.807) is 29.3 Å². The summed E-state index contributed by atoms with van der Waals surface area (Å²) in [6.07, 6.45) is 6.34. The predicted octanol–water partition coefficient (Wildman–Crippen LogP) is 1.42. The Morgan fingerprint density at radius 1 is 1.30 bits per heavy atom. The fourth-order valence-electron chi connectivity index (χ4n) is 2.09. The number of imidazole rings is 1. The molecule has 0 saturated heterocycles. The van der Waals surface area contributed by atoms with Crippen LogP contribution in [0.15, 0.2) is 36.9 Å². The monoisotopic (exact) mass is 271 g/mol. The van der Waals surface area contributed by atoms with E-state index in [4.69, 9.17) is 5.11 Å². The zero-order valence-corrected chi connectivity index (χ0v) is 10.7. The molecule has 7 nitrogen and oxygen atoms in total. The minimum atomic E-state index is -0.957. The van der Waals surface area contributed by atoms with Crippen LogP contribution in [0.2, 0.25) is 0 Å². The number of hydrogen-bond donors (Lipinski definition) is 1. The lowest BCUT2D eigenvalue weighted by Crippen LogP contribution is -2.04. The SMILES string of the molecule is O=C(O)c1ccc2c(c1)nnn2CCCn1ccnc1. The quantitative estimate of drug-likeness (QED) is 0.758. The normalized spacial score (nSPS) is 11.0. The second-order valence-corrected chi connectivity index (χ2v) is 4.48. The maximum absolute atomic E-state index is 10.9. The number of carbonyl (C=O) groups is 1. The lowest BCUT2D eigenvalue weighted by atomic mass is 10.2. The van der Waals surface area contributed by atoms with E-state index in [9.17, 15) is 4.79 Å². The molecule has 0 atom stereocenters. The number of fused-ring (bicyclic) bond motifs is 1. The summed E-state index contributed by atoms with van der Waals surface area (Å²) < 4.78 is 3.79. The van der Waals surface area contributed by atoms with Crippen molar-refractivity contribution in [2.45, 2.75) is 19.5 Å². The number of carboxylic acids is 1. The van der Waals surface area contributed by atoms with E-state index in [-0.39, 0.29) is 5.56 Å². The molecule has 1 N–H and O–H groups in total. The van der Waals surface area contributed by atoms with Gasteiger partial charge < -0.3 is 9.67 Å². The number of rotatable bonds is 5. The van der Waals surface area contributed by atoms with E-state index in [2.05, 4.69) is 15.3 Å². The summed E-state index contributed by atoms with van der Waals surface area (Å²) in [4.78, 5) is 14.9. The molecule has 0 aliphatic carbocycles. The van der Waals surface area contributed by atoms with Gasteiger partial charge in [0.15, 0.2) is 0 Å². The van der Waals surface area contributed by atoms with Crippen molar-refractivity contribution >= 4 is 17.0 Å². The van der Waals surface area contributed by atoms with Gasteiger partial charge in [-0.05, 0) is 24.6 Å². The molecule has 1 aromatic carbocycles. The van der Waals surface area contributed by atoms with E-state index < -0.39 is 5.97 Å². The number of benzene rings is 1. The summed E-state index contributed by atoms with van der Waals surface area (Å²) >= 11 is 0. The number of carboxylic acid groups (broad SMARTS) is 1. The van der Waals surface area contributed by atoms with Crippen molar-refractivity contribution in [2.24, 2.45) is 0 Å². The van der Waals surface area contributed by atoms with Crippen LogP contribution in [0.1, 0.15) is 16.8 Å². The van der Waals surface area contributed by atoms with Crippen LogP contribution in [-0.2, 0) is 13.1 Å². The van der Waals surface area contributed by atoms with Gasteiger partial charge in [0.25, 0.3) is 0 Å². The second kappa shape index (κ2) is 5.12. The number of nitrogens with zero attached hydrogens (tertiary/aromatic N) is 5. The summed E-state index contributed by atoms with van der Waals surface area (Å²) in [6.45, 7) is 1.58. The average Bonchev–Trinajstić information content (AvgIpc) is 3.08. The highest BCUT2D eigenvalue weighted by molar-refractivity contribution is 5.92. The van der Waals surface area contributed by atoms with Crippen molar-refractivity contribution in [3.8, 4) is 0 Å². The van der Waals surface area contributed by atoms with Gasteiger partial charge in [0, 0.05) is 25.5 Å². The van der Waals surface area contributed by atoms with Crippen LogP contribution in [0.4, 0.5) is 0 Å². The van der Waals surface area contributed by atoms with Crippen LogP contribution in [0.25, 0.3) is 11.0 Å². The molecule has 3 rings (SSSR count). The van der Waals surface area contributed by atoms with Gasteiger partial charge >= 0.3 is 5.97 Å². The number of aromatic carboxylic acids is 1. The van der Waals surface area contributed by atoms with Crippen molar-refractivity contribution in [1.29, 1.82) is 0 Å². The third-order valence-corrected chi connectivity index (χ3v) is 3.11. The lowest BCUT2D eigenvalue weighted by Gasteiger charge is -2.03. The fourth-order valence-corrected chi connectivity index (χ4v) is 2.09. The van der Waals surface area contributed by atoms with E-state index >= 15 is 0 Å². The molecular weight excluding hydrogens is 258 g/mol. The standard InChI is InChI=1S/C13H13N5O2/c19-13(20)10-2-3-12-11(8-10)15-16-18(12)6-1-5-17-7-4-14-9-17/h2-4,7-9H,1,5-6H2,(H,19,20). The zero-order valence-electron chi connectivity index (χ0n) is 10.7. The first kappa shape index (κ1) is 12.3. The van der Waals surface area contributed by atoms with Gasteiger partial charge in [0.1, 0.15) is 5.52 Å². The van der Waals surface area contributed by atoms with Crippen LogP contribution >= 0.6 is 0 Å². The summed E-state index contributed by atoms with van der Waals surface area (Å²) in [5.41, 5.74) is 1.68. The molecular formula is C13H13N5O2. The maximum atomic E-state index is 10.9. The van der Waals surface area contributed by atoms with Gasteiger partial charge in [-0.15, -0.1) is 5.10 Å². The topological polar surface area (TPSA) is 85.8 Å². The Kier molecular flexibility index (Phi) is 3.16. The van der Waals surface area contributed by atoms with Crippen molar-refractivity contribution in [2.75, 3.05) is 0 Å². The van der Waals surface area contributed by atoms with E-state index in [0.717, 1.165) is 25.0 Å². The minimum Gasteiger partial charge on any atom is -0.478 e. The molecule has 3 aromatic rings. The van der Waals surface area contributed by atoms with E-state index in [1.807, 2.05) is 10.8 Å². The Morgan fingerprint density at radius 2 is 2.20 bits per heavy atom. The highest BCUT2D eigenvalue weighted by Crippen LogP contribution is 2.14. The fraction of sp³-hybridized carbons (Fsp3) is 0.231. The maximum Gasteiger partial charge on any atom is 0.335 e. The first-order valence-corrected chi connectivity index (χ1v) is 6.26. The molecule has 20 heavy (non-hydrogen) atoms. The Labute approximate surface area is 114 Å².